The predicted octanol–water partition coefficient (Wildman–Crippen LogP) is 6.38. The van der Waals surface area contributed by atoms with Crippen LogP contribution in [0.1, 0.15) is 76.5 Å². The van der Waals surface area contributed by atoms with E-state index in [4.69, 9.17) is 14.7 Å². The molecule has 6 nitrogen and oxygen atoms in total. The van der Waals surface area contributed by atoms with Crippen molar-refractivity contribution in [3.8, 4) is 11.8 Å². The second kappa shape index (κ2) is 13.4. The highest BCUT2D eigenvalue weighted by Gasteiger charge is 2.21. The molecule has 3 aromatic rings. The number of carbonyl (C=O) groups is 2. The van der Waals surface area contributed by atoms with Crippen LogP contribution in [0.25, 0.3) is 0 Å². The molecule has 3 aromatic carbocycles. The quantitative estimate of drug-likeness (QED) is 0.301. The van der Waals surface area contributed by atoms with E-state index in [1.165, 1.54) is 7.11 Å². The highest BCUT2D eigenvalue weighted by Crippen LogP contribution is 2.25. The molecular weight excluding hydrogens is 476 g/mol. The van der Waals surface area contributed by atoms with Crippen LogP contribution in [-0.2, 0) is 22.6 Å². The zero-order chi connectivity index (χ0) is 27.7. The van der Waals surface area contributed by atoms with E-state index in [0.29, 0.717) is 29.2 Å². The summed E-state index contributed by atoms with van der Waals surface area (Å²) in [6.45, 7) is 8.64. The van der Waals surface area contributed by atoms with Crippen LogP contribution in [0.4, 0.5) is 0 Å². The van der Waals surface area contributed by atoms with Gasteiger partial charge in [-0.1, -0.05) is 61.4 Å². The third-order valence-electron chi connectivity index (χ3n) is 6.27. The topological polar surface area (TPSA) is 88.4 Å². The molecule has 0 saturated heterocycles. The third-order valence-corrected chi connectivity index (χ3v) is 6.27. The first-order valence-electron chi connectivity index (χ1n) is 12.9. The molecule has 0 spiro atoms. The Kier molecular flexibility index (Phi) is 10.1. The molecule has 0 aliphatic heterocycles. The largest absolute Gasteiger partial charge is 0.489 e. The van der Waals surface area contributed by atoms with Crippen molar-refractivity contribution in [3.63, 3.8) is 0 Å². The summed E-state index contributed by atoms with van der Waals surface area (Å²) in [5, 5.41) is 12.4. The van der Waals surface area contributed by atoms with E-state index in [2.05, 4.69) is 57.3 Å². The zero-order valence-electron chi connectivity index (χ0n) is 22.8. The molecule has 0 aromatic heterocycles. The summed E-state index contributed by atoms with van der Waals surface area (Å²) >= 11 is 0. The Balaban J connectivity index is 1.89. The summed E-state index contributed by atoms with van der Waals surface area (Å²) < 4.78 is 10.7. The number of amides is 1. The molecular formula is C32H36N2O4. The molecule has 3 rings (SSSR count). The maximum Gasteiger partial charge on any atom is 0.305 e. The van der Waals surface area contributed by atoms with Crippen molar-refractivity contribution in [1.29, 1.82) is 5.26 Å². The van der Waals surface area contributed by atoms with Crippen LogP contribution in [-0.4, -0.2) is 19.0 Å². The number of rotatable bonds is 11. The van der Waals surface area contributed by atoms with E-state index in [-0.39, 0.29) is 30.9 Å². The lowest BCUT2D eigenvalue weighted by atomic mass is 9.93. The Morgan fingerprint density at radius 3 is 2.39 bits per heavy atom. The van der Waals surface area contributed by atoms with Crippen molar-refractivity contribution >= 4 is 11.9 Å². The molecule has 0 fully saturated rings. The van der Waals surface area contributed by atoms with Gasteiger partial charge in [-0.25, -0.2) is 0 Å². The van der Waals surface area contributed by atoms with Gasteiger partial charge in [-0.05, 0) is 73.6 Å². The number of benzene rings is 3. The van der Waals surface area contributed by atoms with Gasteiger partial charge in [-0.15, -0.1) is 0 Å². The smallest absolute Gasteiger partial charge is 0.305 e. The highest BCUT2D eigenvalue weighted by atomic mass is 16.5. The third kappa shape index (κ3) is 8.21. The average Bonchev–Trinajstić information content (AvgIpc) is 2.89. The number of nitriles is 1. The molecule has 198 valence electrons. The standard InChI is InChI=1S/C32H36N2O4/c1-21(2)13-30(27-15-22(3)14-23(4)16-27)34-32(36)29-18-25(9-10-26(29)11-12-31(35)37-5)20-38-28-8-6-7-24(17-28)19-33/h6-10,14-18,21,30H,11-13,20H2,1-5H3,(H,34,36)/t30-/m1/s1. The zero-order valence-corrected chi connectivity index (χ0v) is 22.8. The molecule has 1 atom stereocenters. The van der Waals surface area contributed by atoms with Gasteiger partial charge in [-0.2, -0.15) is 5.26 Å². The minimum absolute atomic E-state index is 0.150. The van der Waals surface area contributed by atoms with E-state index in [1.807, 2.05) is 18.2 Å². The minimum atomic E-state index is -0.325. The predicted molar refractivity (Wildman–Crippen MR) is 148 cm³/mol. The number of carbonyl (C=O) groups excluding carboxylic acids is 2. The van der Waals surface area contributed by atoms with Crippen molar-refractivity contribution in [1.82, 2.24) is 5.32 Å². The first kappa shape index (κ1) is 28.5. The summed E-state index contributed by atoms with van der Waals surface area (Å²) in [7, 11) is 1.36. The Morgan fingerprint density at radius 2 is 1.74 bits per heavy atom. The summed E-state index contributed by atoms with van der Waals surface area (Å²) in [5.74, 6) is 0.442. The van der Waals surface area contributed by atoms with Crippen molar-refractivity contribution in [2.75, 3.05) is 7.11 Å². The van der Waals surface area contributed by atoms with Crippen molar-refractivity contribution in [2.24, 2.45) is 5.92 Å². The molecule has 0 bridgehead atoms. The van der Waals surface area contributed by atoms with Gasteiger partial charge in [0.1, 0.15) is 12.4 Å². The van der Waals surface area contributed by atoms with E-state index in [0.717, 1.165) is 34.2 Å². The monoisotopic (exact) mass is 512 g/mol. The first-order valence-corrected chi connectivity index (χ1v) is 12.9. The average molecular weight is 513 g/mol. The van der Waals surface area contributed by atoms with Gasteiger partial charge in [-0.3, -0.25) is 9.59 Å². The van der Waals surface area contributed by atoms with E-state index in [9.17, 15) is 9.59 Å². The van der Waals surface area contributed by atoms with E-state index >= 15 is 0 Å². The second-order valence-electron chi connectivity index (χ2n) is 10.1. The van der Waals surface area contributed by atoms with Crippen molar-refractivity contribution < 1.29 is 19.1 Å². The Bertz CT molecular complexity index is 1300. The van der Waals surface area contributed by atoms with Crippen LogP contribution in [0, 0.1) is 31.1 Å². The van der Waals surface area contributed by atoms with Crippen molar-refractivity contribution in [2.45, 2.75) is 59.6 Å². The molecule has 6 heteroatoms. The van der Waals surface area contributed by atoms with Gasteiger partial charge in [0.2, 0.25) is 0 Å². The molecule has 0 unspecified atom stereocenters. The molecule has 0 radical (unpaired) electrons. The van der Waals surface area contributed by atoms with Gasteiger partial charge in [0.15, 0.2) is 0 Å². The molecule has 0 saturated carbocycles. The van der Waals surface area contributed by atoms with Crippen LogP contribution in [0.3, 0.4) is 0 Å². The lowest BCUT2D eigenvalue weighted by molar-refractivity contribution is -0.140. The van der Waals surface area contributed by atoms with E-state index < -0.39 is 0 Å². The summed E-state index contributed by atoms with van der Waals surface area (Å²) in [6, 6.07) is 20.9. The van der Waals surface area contributed by atoms with Crippen LogP contribution >= 0.6 is 0 Å². The lowest BCUT2D eigenvalue weighted by Gasteiger charge is -2.23. The number of aryl methyl sites for hydroxylation is 3. The number of esters is 1. The number of nitrogens with one attached hydrogen (secondary N) is 1. The van der Waals surface area contributed by atoms with E-state index in [1.54, 1.807) is 24.3 Å². The molecule has 38 heavy (non-hydrogen) atoms. The molecule has 0 aliphatic carbocycles. The van der Waals surface area contributed by atoms with Gasteiger partial charge < -0.3 is 14.8 Å². The van der Waals surface area contributed by atoms with Gasteiger partial charge in [0.25, 0.3) is 5.91 Å². The summed E-state index contributed by atoms with van der Waals surface area (Å²) in [6.07, 6.45) is 1.36. The highest BCUT2D eigenvalue weighted by molar-refractivity contribution is 5.96. The normalized spacial score (nSPS) is 11.5. The molecule has 0 heterocycles. The molecule has 1 N–H and O–H groups in total. The number of methoxy groups -OCH3 is 1. The molecule has 0 aliphatic rings. The fraction of sp³-hybridized carbons (Fsp3) is 0.344. The first-order chi connectivity index (χ1) is 18.2. The summed E-state index contributed by atoms with van der Waals surface area (Å²) in [5.41, 5.74) is 6.00. The van der Waals surface area contributed by atoms with Crippen molar-refractivity contribution in [3.05, 3.63) is 99.6 Å². The number of hydrogen-bond donors (Lipinski definition) is 1. The maximum atomic E-state index is 13.7. The Hall–Kier alpha value is -4.11. The van der Waals surface area contributed by atoms with Gasteiger partial charge >= 0.3 is 5.97 Å². The number of nitrogens with zero attached hydrogens (tertiary/aromatic N) is 1. The fourth-order valence-electron chi connectivity index (χ4n) is 4.50. The molecule has 1 amide bonds. The minimum Gasteiger partial charge on any atom is -0.489 e. The van der Waals surface area contributed by atoms with Gasteiger partial charge in [0, 0.05) is 12.0 Å². The second-order valence-corrected chi connectivity index (χ2v) is 10.1. The maximum absolute atomic E-state index is 13.7. The SMILES string of the molecule is COC(=O)CCc1ccc(COc2cccc(C#N)c2)cc1C(=O)N[C@H](CC(C)C)c1cc(C)cc(C)c1. The fourth-order valence-corrected chi connectivity index (χ4v) is 4.50. The Labute approximate surface area is 225 Å². The number of ether oxygens (including phenoxy) is 2. The number of hydrogen-bond acceptors (Lipinski definition) is 5. The van der Waals surface area contributed by atoms with Gasteiger partial charge in [0.05, 0.1) is 24.8 Å². The van der Waals surface area contributed by atoms with Crippen LogP contribution in [0.2, 0.25) is 0 Å². The van der Waals surface area contributed by atoms with Crippen LogP contribution in [0.5, 0.6) is 5.75 Å². The summed E-state index contributed by atoms with van der Waals surface area (Å²) in [4.78, 5) is 25.5. The van der Waals surface area contributed by atoms with Crippen LogP contribution < -0.4 is 10.1 Å². The lowest BCUT2D eigenvalue weighted by Crippen LogP contribution is -2.30. The van der Waals surface area contributed by atoms with Crippen LogP contribution in [0.15, 0.2) is 60.7 Å². The Morgan fingerprint density at radius 1 is 1.00 bits per heavy atom.